The number of anilines is 1. The number of nitrogens with one attached hydrogen (secondary N) is 1. The summed E-state index contributed by atoms with van der Waals surface area (Å²) >= 11 is 6.79. The monoisotopic (exact) mass is 402 g/mol. The lowest BCUT2D eigenvalue weighted by Crippen LogP contribution is -2.36. The van der Waals surface area contributed by atoms with Crippen molar-refractivity contribution in [2.45, 2.75) is 0 Å². The van der Waals surface area contributed by atoms with Gasteiger partial charge in [-0.1, -0.05) is 35.9 Å². The van der Waals surface area contributed by atoms with Crippen molar-refractivity contribution in [3.05, 3.63) is 64.0 Å². The van der Waals surface area contributed by atoms with Gasteiger partial charge in [0.05, 0.1) is 22.7 Å². The maximum atomic E-state index is 12.5. The van der Waals surface area contributed by atoms with E-state index in [0.29, 0.717) is 16.5 Å². The molecule has 27 heavy (non-hydrogen) atoms. The summed E-state index contributed by atoms with van der Waals surface area (Å²) in [6, 6.07) is 13.8. The van der Waals surface area contributed by atoms with E-state index in [1.165, 1.54) is 0 Å². The van der Waals surface area contributed by atoms with Crippen LogP contribution in [-0.2, 0) is 9.59 Å². The van der Waals surface area contributed by atoms with Crippen molar-refractivity contribution in [1.29, 1.82) is 0 Å². The summed E-state index contributed by atoms with van der Waals surface area (Å²) in [5.41, 5.74) is 1.17. The van der Waals surface area contributed by atoms with Gasteiger partial charge in [-0.2, -0.15) is 0 Å². The summed E-state index contributed by atoms with van der Waals surface area (Å²) in [4.78, 5) is 38.0. The number of nitrogens with zero attached hydrogens (tertiary/aromatic N) is 1. The number of methoxy groups -OCH3 is 1. The summed E-state index contributed by atoms with van der Waals surface area (Å²) in [5.74, 6) is -0.317. The Morgan fingerprint density at radius 3 is 2.56 bits per heavy atom. The molecule has 0 atom stereocenters. The molecule has 6 nitrogen and oxygen atoms in total. The molecule has 138 valence electrons. The fraction of sp³-hybridized carbons (Fsp3) is 0.105. The fourth-order valence-corrected chi connectivity index (χ4v) is 3.40. The maximum Gasteiger partial charge on any atom is 0.294 e. The zero-order chi connectivity index (χ0) is 19.4. The number of halogens is 1. The normalized spacial score (nSPS) is 15.3. The Morgan fingerprint density at radius 1 is 1.19 bits per heavy atom. The molecule has 2 aromatic rings. The maximum absolute atomic E-state index is 12.5. The van der Waals surface area contributed by atoms with Crippen LogP contribution in [0, 0.1) is 0 Å². The third-order valence-corrected chi connectivity index (χ3v) is 4.97. The highest BCUT2D eigenvalue weighted by atomic mass is 35.5. The highest BCUT2D eigenvalue weighted by Crippen LogP contribution is 2.32. The summed E-state index contributed by atoms with van der Waals surface area (Å²) in [5, 5.41) is 2.48. The lowest BCUT2D eigenvalue weighted by atomic mass is 10.2. The number of rotatable bonds is 5. The Labute approximate surface area is 165 Å². The minimum Gasteiger partial charge on any atom is -0.497 e. The van der Waals surface area contributed by atoms with Gasteiger partial charge in [-0.15, -0.1) is 0 Å². The lowest BCUT2D eigenvalue weighted by molar-refractivity contribution is -0.127. The lowest BCUT2D eigenvalue weighted by Gasteiger charge is -2.13. The van der Waals surface area contributed by atoms with E-state index >= 15 is 0 Å². The van der Waals surface area contributed by atoms with Crippen molar-refractivity contribution >= 4 is 52.2 Å². The van der Waals surface area contributed by atoms with Gasteiger partial charge >= 0.3 is 0 Å². The number of imide groups is 1. The molecule has 0 unspecified atom stereocenters. The molecule has 1 N–H and O–H groups in total. The SMILES string of the molecule is COc1ccc(C=C2SC(=O)N(CC(=O)Nc3ccccc3Cl)C2=O)cc1. The van der Waals surface area contributed by atoms with Gasteiger partial charge in [0.1, 0.15) is 12.3 Å². The van der Waals surface area contributed by atoms with Crippen molar-refractivity contribution < 1.29 is 19.1 Å². The van der Waals surface area contributed by atoms with Gasteiger partial charge in [0.25, 0.3) is 11.1 Å². The first-order valence-electron chi connectivity index (χ1n) is 7.92. The molecule has 3 rings (SSSR count). The Bertz CT molecular complexity index is 928. The molecule has 2 aromatic carbocycles. The smallest absolute Gasteiger partial charge is 0.294 e. The second-order valence-electron chi connectivity index (χ2n) is 5.57. The molecule has 1 aliphatic rings. The highest BCUT2D eigenvalue weighted by molar-refractivity contribution is 8.18. The first-order valence-corrected chi connectivity index (χ1v) is 9.11. The van der Waals surface area contributed by atoms with E-state index in [4.69, 9.17) is 16.3 Å². The number of hydrogen-bond donors (Lipinski definition) is 1. The van der Waals surface area contributed by atoms with Crippen LogP contribution in [0.1, 0.15) is 5.56 Å². The van der Waals surface area contributed by atoms with E-state index in [9.17, 15) is 14.4 Å². The van der Waals surface area contributed by atoms with Crippen LogP contribution in [0.2, 0.25) is 5.02 Å². The van der Waals surface area contributed by atoms with Crippen LogP contribution >= 0.6 is 23.4 Å². The number of benzene rings is 2. The second kappa shape index (κ2) is 8.28. The van der Waals surface area contributed by atoms with Crippen LogP contribution in [0.4, 0.5) is 10.5 Å². The van der Waals surface area contributed by atoms with Crippen LogP contribution < -0.4 is 10.1 Å². The third kappa shape index (κ3) is 4.50. The molecule has 1 fully saturated rings. The molecule has 1 heterocycles. The van der Waals surface area contributed by atoms with Gasteiger partial charge in [0.15, 0.2) is 0 Å². The van der Waals surface area contributed by atoms with Crippen molar-refractivity contribution in [3.8, 4) is 5.75 Å². The van der Waals surface area contributed by atoms with E-state index < -0.39 is 17.1 Å². The number of carbonyl (C=O) groups excluding carboxylic acids is 3. The van der Waals surface area contributed by atoms with E-state index in [1.807, 2.05) is 0 Å². The van der Waals surface area contributed by atoms with Gasteiger partial charge in [0.2, 0.25) is 5.91 Å². The van der Waals surface area contributed by atoms with Crippen molar-refractivity contribution in [1.82, 2.24) is 4.90 Å². The van der Waals surface area contributed by atoms with E-state index in [1.54, 1.807) is 61.7 Å². The first kappa shape index (κ1) is 19.0. The predicted molar refractivity (Wildman–Crippen MR) is 106 cm³/mol. The quantitative estimate of drug-likeness (QED) is 0.764. The van der Waals surface area contributed by atoms with Crippen LogP contribution in [-0.4, -0.2) is 35.6 Å². The van der Waals surface area contributed by atoms with Crippen LogP contribution in [0.25, 0.3) is 6.08 Å². The van der Waals surface area contributed by atoms with Crippen LogP contribution in [0.15, 0.2) is 53.4 Å². The minimum atomic E-state index is -0.505. The Balaban J connectivity index is 1.69. The Kier molecular flexibility index (Phi) is 5.83. The first-order chi connectivity index (χ1) is 13.0. The average Bonchev–Trinajstić information content (AvgIpc) is 2.91. The number of ether oxygens (including phenoxy) is 1. The molecule has 0 saturated carbocycles. The zero-order valence-corrected chi connectivity index (χ0v) is 15.8. The van der Waals surface area contributed by atoms with Crippen LogP contribution in [0.5, 0.6) is 5.75 Å². The number of hydrogen-bond acceptors (Lipinski definition) is 5. The molecule has 0 aromatic heterocycles. The van der Waals surface area contributed by atoms with Gasteiger partial charge < -0.3 is 10.1 Å². The summed E-state index contributed by atoms with van der Waals surface area (Å²) in [6.45, 7) is -0.379. The van der Waals surface area contributed by atoms with Crippen LogP contribution in [0.3, 0.4) is 0 Å². The molecule has 8 heteroatoms. The molecule has 0 aliphatic carbocycles. The van der Waals surface area contributed by atoms with Crippen molar-refractivity contribution in [2.24, 2.45) is 0 Å². The minimum absolute atomic E-state index is 0.260. The predicted octanol–water partition coefficient (Wildman–Crippen LogP) is 4.02. The highest BCUT2D eigenvalue weighted by Gasteiger charge is 2.36. The third-order valence-electron chi connectivity index (χ3n) is 3.74. The van der Waals surface area contributed by atoms with E-state index in [-0.39, 0.29) is 11.4 Å². The topological polar surface area (TPSA) is 75.7 Å². The average molecular weight is 403 g/mol. The van der Waals surface area contributed by atoms with Gasteiger partial charge in [-0.05, 0) is 47.7 Å². The Hall–Kier alpha value is -2.77. The van der Waals surface area contributed by atoms with E-state index in [0.717, 1.165) is 22.2 Å². The standard InChI is InChI=1S/C19H15ClN2O4S/c1-26-13-8-6-12(7-9-13)10-16-18(24)22(19(25)27-16)11-17(23)21-15-5-3-2-4-14(15)20/h2-10H,11H2,1H3,(H,21,23). The second-order valence-corrected chi connectivity index (χ2v) is 6.97. The number of amides is 3. The number of carbonyl (C=O) groups is 3. The Morgan fingerprint density at radius 2 is 1.89 bits per heavy atom. The van der Waals surface area contributed by atoms with Gasteiger partial charge in [0, 0.05) is 0 Å². The summed E-state index contributed by atoms with van der Waals surface area (Å²) < 4.78 is 5.09. The molecule has 0 bridgehead atoms. The number of para-hydroxylation sites is 1. The zero-order valence-electron chi connectivity index (χ0n) is 14.3. The molecule has 1 aliphatic heterocycles. The summed E-state index contributed by atoms with van der Waals surface area (Å²) in [7, 11) is 1.56. The molecular formula is C19H15ClN2O4S. The summed E-state index contributed by atoms with van der Waals surface area (Å²) in [6.07, 6.45) is 1.61. The van der Waals surface area contributed by atoms with Crippen molar-refractivity contribution in [3.63, 3.8) is 0 Å². The van der Waals surface area contributed by atoms with Gasteiger partial charge in [-0.3, -0.25) is 19.3 Å². The molecule has 0 spiro atoms. The fourth-order valence-electron chi connectivity index (χ4n) is 2.38. The van der Waals surface area contributed by atoms with Crippen molar-refractivity contribution in [2.75, 3.05) is 19.0 Å². The molecule has 1 saturated heterocycles. The van der Waals surface area contributed by atoms with Gasteiger partial charge in [-0.25, -0.2) is 0 Å². The number of thioether (sulfide) groups is 1. The molecule has 3 amide bonds. The molecule has 0 radical (unpaired) electrons. The molecular weight excluding hydrogens is 388 g/mol. The largest absolute Gasteiger partial charge is 0.497 e. The van der Waals surface area contributed by atoms with E-state index in [2.05, 4.69) is 5.32 Å².